The molecule has 2 aromatic carbocycles. The van der Waals surface area contributed by atoms with Crippen LogP contribution in [0.1, 0.15) is 32.0 Å². The third-order valence-corrected chi connectivity index (χ3v) is 6.79. The van der Waals surface area contributed by atoms with Gasteiger partial charge in [0.1, 0.15) is 30.6 Å². The zero-order valence-corrected chi connectivity index (χ0v) is 25.7. The minimum Gasteiger partial charge on any atom is -0.488 e. The highest BCUT2D eigenvalue weighted by Crippen LogP contribution is 2.33. The number of anilines is 3. The number of ether oxygens (including phenoxy) is 3. The molecule has 12 nitrogen and oxygen atoms in total. The Morgan fingerprint density at radius 1 is 0.889 bits per heavy atom. The number of amides is 3. The fourth-order valence-corrected chi connectivity index (χ4v) is 4.53. The number of methoxy groups -OCH3 is 2. The van der Waals surface area contributed by atoms with Gasteiger partial charge in [0, 0.05) is 41.6 Å². The van der Waals surface area contributed by atoms with Gasteiger partial charge in [0.05, 0.1) is 30.4 Å². The van der Waals surface area contributed by atoms with Crippen LogP contribution in [0.4, 0.5) is 22.1 Å². The van der Waals surface area contributed by atoms with E-state index >= 15 is 0 Å². The van der Waals surface area contributed by atoms with E-state index in [-0.39, 0.29) is 24.5 Å². The first kappa shape index (κ1) is 31.0. The summed E-state index contributed by atoms with van der Waals surface area (Å²) >= 11 is 0. The third kappa shape index (κ3) is 7.54. The highest BCUT2D eigenvalue weighted by molar-refractivity contribution is 6.07. The third-order valence-electron chi connectivity index (χ3n) is 6.79. The van der Waals surface area contributed by atoms with Gasteiger partial charge in [0.25, 0.3) is 5.91 Å². The van der Waals surface area contributed by atoms with Crippen molar-refractivity contribution in [3.8, 4) is 17.3 Å². The van der Waals surface area contributed by atoms with Crippen molar-refractivity contribution in [2.24, 2.45) is 0 Å². The first-order valence-corrected chi connectivity index (χ1v) is 14.2. The quantitative estimate of drug-likeness (QED) is 0.177. The number of carbonyl (C=O) groups excluding carboxylic acids is 2. The van der Waals surface area contributed by atoms with E-state index in [2.05, 4.69) is 46.7 Å². The Morgan fingerprint density at radius 2 is 1.69 bits per heavy atom. The highest BCUT2D eigenvalue weighted by Gasteiger charge is 2.22. The first-order valence-electron chi connectivity index (χ1n) is 14.2. The van der Waals surface area contributed by atoms with E-state index in [0.717, 1.165) is 22.0 Å². The van der Waals surface area contributed by atoms with Crippen LogP contribution in [0.25, 0.3) is 16.5 Å². The predicted molar refractivity (Wildman–Crippen MR) is 172 cm³/mol. The standard InChI is InChI=1S/C33H35N7O5/c1-33(2,3)27-17-29(40(39-27)22-10-13-31(44-5)35-18-22)38-32(42)36-25-11-12-26(24-9-7-6-8-23(24)25)45-19-21-14-15-34-28(16-21)37-30(41)20-43-4/h6-18H,19-20H2,1-5H3,(H,34,37,41)(H2,36,38,42). The molecule has 3 aromatic heterocycles. The van der Waals surface area contributed by atoms with Crippen molar-refractivity contribution in [1.82, 2.24) is 19.7 Å². The summed E-state index contributed by atoms with van der Waals surface area (Å²) in [5.74, 6) is 1.72. The van der Waals surface area contributed by atoms with Crippen molar-refractivity contribution < 1.29 is 23.8 Å². The number of fused-ring (bicyclic) bond motifs is 1. The van der Waals surface area contributed by atoms with E-state index in [4.69, 9.17) is 19.3 Å². The molecule has 0 bridgehead atoms. The van der Waals surface area contributed by atoms with Gasteiger partial charge in [-0.2, -0.15) is 5.10 Å². The minimum absolute atomic E-state index is 0.0610. The van der Waals surface area contributed by atoms with Gasteiger partial charge in [-0.3, -0.25) is 10.1 Å². The maximum Gasteiger partial charge on any atom is 0.324 e. The summed E-state index contributed by atoms with van der Waals surface area (Å²) in [7, 11) is 3.01. The summed E-state index contributed by atoms with van der Waals surface area (Å²) in [4.78, 5) is 33.7. The number of hydrogen-bond acceptors (Lipinski definition) is 8. The van der Waals surface area contributed by atoms with E-state index in [1.54, 1.807) is 42.4 Å². The Labute approximate surface area is 260 Å². The van der Waals surface area contributed by atoms with E-state index in [9.17, 15) is 9.59 Å². The topological polar surface area (TPSA) is 142 Å². The molecule has 0 saturated carbocycles. The molecule has 0 radical (unpaired) electrons. The van der Waals surface area contributed by atoms with Crippen LogP contribution in [0.5, 0.6) is 11.6 Å². The molecule has 0 aliphatic heterocycles. The number of aromatic nitrogens is 4. The molecule has 3 amide bonds. The summed E-state index contributed by atoms with van der Waals surface area (Å²) in [6.45, 7) is 6.35. The van der Waals surface area contributed by atoms with Crippen molar-refractivity contribution in [2.75, 3.05) is 36.8 Å². The van der Waals surface area contributed by atoms with Crippen LogP contribution < -0.4 is 25.4 Å². The van der Waals surface area contributed by atoms with Crippen LogP contribution in [0.3, 0.4) is 0 Å². The van der Waals surface area contributed by atoms with Gasteiger partial charge in [-0.25, -0.2) is 19.4 Å². The van der Waals surface area contributed by atoms with Gasteiger partial charge in [0.15, 0.2) is 0 Å². The lowest BCUT2D eigenvalue weighted by Gasteiger charge is -2.15. The predicted octanol–water partition coefficient (Wildman–Crippen LogP) is 5.93. The molecule has 12 heteroatoms. The second-order valence-electron chi connectivity index (χ2n) is 11.2. The van der Waals surface area contributed by atoms with Crippen molar-refractivity contribution in [3.05, 3.63) is 90.4 Å². The highest BCUT2D eigenvalue weighted by atomic mass is 16.5. The summed E-state index contributed by atoms with van der Waals surface area (Å²) in [6, 6.07) is 19.8. The lowest BCUT2D eigenvalue weighted by atomic mass is 9.92. The average molecular weight is 610 g/mol. The molecule has 0 spiro atoms. The van der Waals surface area contributed by atoms with Crippen LogP contribution in [-0.2, 0) is 21.6 Å². The molecular formula is C33H35N7O5. The normalized spacial score (nSPS) is 11.2. The molecule has 0 aliphatic rings. The molecule has 0 aliphatic carbocycles. The van der Waals surface area contributed by atoms with Gasteiger partial charge in [-0.1, -0.05) is 45.0 Å². The van der Waals surface area contributed by atoms with Gasteiger partial charge < -0.3 is 24.8 Å². The van der Waals surface area contributed by atoms with Gasteiger partial charge in [-0.05, 0) is 35.9 Å². The number of carbonyl (C=O) groups is 2. The Kier molecular flexibility index (Phi) is 9.24. The zero-order chi connectivity index (χ0) is 32.0. The second-order valence-corrected chi connectivity index (χ2v) is 11.2. The van der Waals surface area contributed by atoms with E-state index in [0.29, 0.717) is 34.6 Å². The summed E-state index contributed by atoms with van der Waals surface area (Å²) in [5.41, 5.74) is 2.66. The lowest BCUT2D eigenvalue weighted by molar-refractivity contribution is -0.119. The monoisotopic (exact) mass is 609 g/mol. The van der Waals surface area contributed by atoms with Crippen molar-refractivity contribution in [3.63, 3.8) is 0 Å². The molecule has 0 unspecified atom stereocenters. The van der Waals surface area contributed by atoms with Crippen LogP contribution in [0, 0.1) is 0 Å². The van der Waals surface area contributed by atoms with E-state index < -0.39 is 6.03 Å². The maximum absolute atomic E-state index is 13.3. The SMILES string of the molecule is COCC(=O)Nc1cc(COc2ccc(NC(=O)Nc3cc(C(C)(C)C)nn3-c3ccc(OC)nc3)c3ccccc23)ccn1. The smallest absolute Gasteiger partial charge is 0.324 e. The molecule has 0 saturated heterocycles. The minimum atomic E-state index is -0.434. The zero-order valence-electron chi connectivity index (χ0n) is 25.7. The van der Waals surface area contributed by atoms with E-state index in [1.807, 2.05) is 48.5 Å². The molecule has 0 atom stereocenters. The molecule has 3 N–H and O–H groups in total. The molecule has 232 valence electrons. The fourth-order valence-electron chi connectivity index (χ4n) is 4.53. The maximum atomic E-state index is 13.3. The van der Waals surface area contributed by atoms with Crippen molar-refractivity contribution in [1.29, 1.82) is 0 Å². The molecule has 0 fully saturated rings. The van der Waals surface area contributed by atoms with Crippen LogP contribution >= 0.6 is 0 Å². The average Bonchev–Trinajstić information content (AvgIpc) is 3.45. The molecule has 5 aromatic rings. The fraction of sp³-hybridized carbons (Fsp3) is 0.242. The van der Waals surface area contributed by atoms with Crippen molar-refractivity contribution >= 4 is 40.0 Å². The number of nitrogens with zero attached hydrogens (tertiary/aromatic N) is 4. The number of pyridine rings is 2. The Bertz CT molecular complexity index is 1810. The Balaban J connectivity index is 1.34. The van der Waals surface area contributed by atoms with E-state index in [1.165, 1.54) is 7.11 Å². The summed E-state index contributed by atoms with van der Waals surface area (Å²) < 4.78 is 17.8. The largest absolute Gasteiger partial charge is 0.488 e. The molecule has 5 rings (SSSR count). The van der Waals surface area contributed by atoms with Crippen LogP contribution in [0.2, 0.25) is 0 Å². The second kappa shape index (κ2) is 13.4. The molecule has 3 heterocycles. The lowest BCUT2D eigenvalue weighted by Crippen LogP contribution is -2.21. The summed E-state index contributed by atoms with van der Waals surface area (Å²) in [5, 5.41) is 15.0. The van der Waals surface area contributed by atoms with Gasteiger partial charge >= 0.3 is 6.03 Å². The number of rotatable bonds is 10. The first-order chi connectivity index (χ1) is 21.6. The Morgan fingerprint density at radius 3 is 2.40 bits per heavy atom. The molecule has 45 heavy (non-hydrogen) atoms. The van der Waals surface area contributed by atoms with Crippen LogP contribution in [0.15, 0.2) is 79.1 Å². The summed E-state index contributed by atoms with van der Waals surface area (Å²) in [6.07, 6.45) is 3.24. The van der Waals surface area contributed by atoms with Gasteiger partial charge in [0.2, 0.25) is 5.88 Å². The number of benzene rings is 2. The van der Waals surface area contributed by atoms with Crippen molar-refractivity contribution in [2.45, 2.75) is 32.8 Å². The molecular weight excluding hydrogens is 574 g/mol. The number of nitrogens with one attached hydrogen (secondary N) is 3. The van der Waals surface area contributed by atoms with Crippen LogP contribution in [-0.4, -0.2) is 52.5 Å². The Hall–Kier alpha value is -5.49. The number of hydrogen-bond donors (Lipinski definition) is 3. The number of urea groups is 1. The van der Waals surface area contributed by atoms with Gasteiger partial charge in [-0.15, -0.1) is 0 Å².